The van der Waals surface area contributed by atoms with Gasteiger partial charge < -0.3 is 4.74 Å². The van der Waals surface area contributed by atoms with Gasteiger partial charge in [0.2, 0.25) is 10.0 Å². The molecule has 0 aliphatic rings. The summed E-state index contributed by atoms with van der Waals surface area (Å²) in [7, 11) is -1.81. The highest BCUT2D eigenvalue weighted by Crippen LogP contribution is 2.18. The average Bonchev–Trinajstić information content (AvgIpc) is 2.48. The van der Waals surface area contributed by atoms with Crippen LogP contribution in [0.2, 0.25) is 0 Å². The molecule has 0 unspecified atom stereocenters. The zero-order valence-electron chi connectivity index (χ0n) is 13.1. The lowest BCUT2D eigenvalue weighted by atomic mass is 10.1. The Kier molecular flexibility index (Phi) is 5.21. The van der Waals surface area contributed by atoms with Crippen LogP contribution in [0, 0.1) is 13.8 Å². The van der Waals surface area contributed by atoms with Crippen LogP contribution in [0.15, 0.2) is 47.4 Å². The summed E-state index contributed by atoms with van der Waals surface area (Å²) >= 11 is 0. The van der Waals surface area contributed by atoms with Gasteiger partial charge in [-0.25, -0.2) is 13.1 Å². The van der Waals surface area contributed by atoms with E-state index < -0.39 is 10.0 Å². The van der Waals surface area contributed by atoms with Crippen molar-refractivity contribution in [2.75, 3.05) is 13.7 Å². The molecular weight excluding hydrogens is 298 g/mol. The molecule has 0 aliphatic heterocycles. The highest BCUT2D eigenvalue weighted by atomic mass is 32.2. The largest absolute Gasteiger partial charge is 0.496 e. The number of hydrogen-bond acceptors (Lipinski definition) is 3. The van der Waals surface area contributed by atoms with E-state index in [4.69, 9.17) is 4.74 Å². The van der Waals surface area contributed by atoms with Gasteiger partial charge >= 0.3 is 0 Å². The third-order valence-electron chi connectivity index (χ3n) is 3.50. The fraction of sp³-hybridized carbons (Fsp3) is 0.294. The SMILES string of the molecule is COc1ccc(CCNS(=O)(=O)c2ccc(C)cc2)cc1C. The Balaban J connectivity index is 1.98. The molecule has 2 aromatic carbocycles. The highest BCUT2D eigenvalue weighted by Gasteiger charge is 2.12. The van der Waals surface area contributed by atoms with E-state index in [1.54, 1.807) is 31.4 Å². The Labute approximate surface area is 132 Å². The van der Waals surface area contributed by atoms with Gasteiger partial charge in [0, 0.05) is 6.54 Å². The maximum atomic E-state index is 12.2. The third-order valence-corrected chi connectivity index (χ3v) is 4.97. The van der Waals surface area contributed by atoms with Gasteiger partial charge in [-0.15, -0.1) is 0 Å². The van der Waals surface area contributed by atoms with Gasteiger partial charge in [0.15, 0.2) is 0 Å². The van der Waals surface area contributed by atoms with Crippen LogP contribution in [0.25, 0.3) is 0 Å². The van der Waals surface area contributed by atoms with E-state index in [2.05, 4.69) is 4.72 Å². The molecule has 2 rings (SSSR count). The van der Waals surface area contributed by atoms with Gasteiger partial charge in [0.1, 0.15) is 5.75 Å². The van der Waals surface area contributed by atoms with Crippen LogP contribution >= 0.6 is 0 Å². The van der Waals surface area contributed by atoms with Crippen LogP contribution in [0.5, 0.6) is 5.75 Å². The molecule has 0 aliphatic carbocycles. The lowest BCUT2D eigenvalue weighted by Gasteiger charge is -2.09. The van der Waals surface area contributed by atoms with Crippen LogP contribution < -0.4 is 9.46 Å². The number of nitrogens with one attached hydrogen (secondary N) is 1. The number of ether oxygens (including phenoxy) is 1. The maximum absolute atomic E-state index is 12.2. The Morgan fingerprint density at radius 1 is 1.05 bits per heavy atom. The van der Waals surface area contributed by atoms with Crippen LogP contribution in [0.4, 0.5) is 0 Å². The molecule has 0 aromatic heterocycles. The minimum atomic E-state index is -3.44. The van der Waals surface area contributed by atoms with Crippen LogP contribution in [-0.4, -0.2) is 22.1 Å². The molecule has 118 valence electrons. The van der Waals surface area contributed by atoms with Crippen molar-refractivity contribution in [1.29, 1.82) is 0 Å². The van der Waals surface area contributed by atoms with Crippen molar-refractivity contribution in [2.45, 2.75) is 25.2 Å². The number of methoxy groups -OCH3 is 1. The van der Waals surface area contributed by atoms with Crippen molar-refractivity contribution in [3.8, 4) is 5.75 Å². The monoisotopic (exact) mass is 319 g/mol. The first-order chi connectivity index (χ1) is 10.4. The van der Waals surface area contributed by atoms with E-state index in [1.807, 2.05) is 32.0 Å². The van der Waals surface area contributed by atoms with Crippen LogP contribution in [0.1, 0.15) is 16.7 Å². The second kappa shape index (κ2) is 6.94. The first-order valence-electron chi connectivity index (χ1n) is 7.12. The average molecular weight is 319 g/mol. The number of hydrogen-bond donors (Lipinski definition) is 1. The van der Waals surface area contributed by atoms with Crippen molar-refractivity contribution < 1.29 is 13.2 Å². The van der Waals surface area contributed by atoms with Gasteiger partial charge in [-0.1, -0.05) is 29.8 Å². The Bertz CT molecular complexity index is 737. The van der Waals surface area contributed by atoms with Gasteiger partial charge in [-0.05, 0) is 49.6 Å². The van der Waals surface area contributed by atoms with Crippen molar-refractivity contribution in [2.24, 2.45) is 0 Å². The molecule has 0 heterocycles. The predicted octanol–water partition coefficient (Wildman–Crippen LogP) is 2.83. The number of aryl methyl sites for hydroxylation is 2. The summed E-state index contributed by atoms with van der Waals surface area (Å²) in [6.45, 7) is 4.26. The minimum Gasteiger partial charge on any atom is -0.496 e. The van der Waals surface area contributed by atoms with Crippen LogP contribution in [-0.2, 0) is 16.4 Å². The van der Waals surface area contributed by atoms with E-state index >= 15 is 0 Å². The van der Waals surface area contributed by atoms with Crippen molar-refractivity contribution in [1.82, 2.24) is 4.72 Å². The van der Waals surface area contributed by atoms with E-state index in [-0.39, 0.29) is 0 Å². The molecule has 0 fully saturated rings. The van der Waals surface area contributed by atoms with Gasteiger partial charge in [-0.3, -0.25) is 0 Å². The topological polar surface area (TPSA) is 55.4 Å². The van der Waals surface area contributed by atoms with Crippen LogP contribution in [0.3, 0.4) is 0 Å². The summed E-state index contributed by atoms with van der Waals surface area (Å²) in [5.74, 6) is 0.837. The van der Waals surface area contributed by atoms with E-state index in [0.29, 0.717) is 17.9 Å². The number of rotatable bonds is 6. The van der Waals surface area contributed by atoms with E-state index in [9.17, 15) is 8.42 Å². The molecule has 4 nitrogen and oxygen atoms in total. The molecule has 0 saturated heterocycles. The van der Waals surface area contributed by atoms with Crippen molar-refractivity contribution in [3.63, 3.8) is 0 Å². The zero-order chi connectivity index (χ0) is 16.2. The fourth-order valence-corrected chi connectivity index (χ4v) is 3.26. The summed E-state index contributed by atoms with van der Waals surface area (Å²) in [5, 5.41) is 0. The lowest BCUT2D eigenvalue weighted by molar-refractivity contribution is 0.411. The maximum Gasteiger partial charge on any atom is 0.240 e. The lowest BCUT2D eigenvalue weighted by Crippen LogP contribution is -2.26. The molecule has 2 aromatic rings. The fourth-order valence-electron chi connectivity index (χ4n) is 2.23. The summed E-state index contributed by atoms with van der Waals surface area (Å²) < 4.78 is 32.2. The Hall–Kier alpha value is -1.85. The smallest absolute Gasteiger partial charge is 0.240 e. The summed E-state index contributed by atoms with van der Waals surface area (Å²) in [4.78, 5) is 0.295. The predicted molar refractivity (Wildman–Crippen MR) is 87.8 cm³/mol. The first kappa shape index (κ1) is 16.5. The third kappa shape index (κ3) is 4.08. The van der Waals surface area contributed by atoms with E-state index in [0.717, 1.165) is 22.4 Å². The van der Waals surface area contributed by atoms with Gasteiger partial charge in [0.25, 0.3) is 0 Å². The van der Waals surface area contributed by atoms with Crippen molar-refractivity contribution >= 4 is 10.0 Å². The molecular formula is C17H21NO3S. The Morgan fingerprint density at radius 3 is 2.32 bits per heavy atom. The number of sulfonamides is 1. The molecule has 0 saturated carbocycles. The molecule has 0 bridgehead atoms. The highest BCUT2D eigenvalue weighted by molar-refractivity contribution is 7.89. The number of benzene rings is 2. The second-order valence-corrected chi connectivity index (χ2v) is 7.03. The molecule has 0 radical (unpaired) electrons. The Morgan fingerprint density at radius 2 is 1.73 bits per heavy atom. The summed E-state index contributed by atoms with van der Waals surface area (Å²) in [6, 6.07) is 12.7. The van der Waals surface area contributed by atoms with Crippen molar-refractivity contribution in [3.05, 3.63) is 59.2 Å². The quantitative estimate of drug-likeness (QED) is 0.891. The molecule has 22 heavy (non-hydrogen) atoms. The summed E-state index contributed by atoms with van der Waals surface area (Å²) in [6.07, 6.45) is 0.635. The summed E-state index contributed by atoms with van der Waals surface area (Å²) in [5.41, 5.74) is 3.15. The normalized spacial score (nSPS) is 11.4. The minimum absolute atomic E-state index is 0.295. The molecule has 0 amide bonds. The standard InChI is InChI=1S/C17H21NO3S/c1-13-4-7-16(8-5-13)22(19,20)18-11-10-15-6-9-17(21-3)14(2)12-15/h4-9,12,18H,10-11H2,1-3H3. The second-order valence-electron chi connectivity index (χ2n) is 5.26. The molecule has 0 spiro atoms. The van der Waals surface area contributed by atoms with E-state index in [1.165, 1.54) is 0 Å². The zero-order valence-corrected chi connectivity index (χ0v) is 13.9. The van der Waals surface area contributed by atoms with Gasteiger partial charge in [0.05, 0.1) is 12.0 Å². The van der Waals surface area contributed by atoms with Gasteiger partial charge in [-0.2, -0.15) is 0 Å². The molecule has 1 N–H and O–H groups in total. The molecule has 0 atom stereocenters. The first-order valence-corrected chi connectivity index (χ1v) is 8.60. The molecule has 5 heteroatoms.